The fourth-order valence-corrected chi connectivity index (χ4v) is 4.10. The van der Waals surface area contributed by atoms with Gasteiger partial charge in [-0.05, 0) is 31.7 Å². The van der Waals surface area contributed by atoms with Crippen molar-refractivity contribution in [3.63, 3.8) is 0 Å². The van der Waals surface area contributed by atoms with Crippen LogP contribution >= 0.6 is 0 Å². The molecular weight excluding hydrogens is 405 g/mol. The van der Waals surface area contributed by atoms with E-state index in [0.717, 1.165) is 38.8 Å². The Labute approximate surface area is 181 Å². The number of rotatable bonds is 5. The maximum atomic E-state index is 14.1. The van der Waals surface area contributed by atoms with Crippen molar-refractivity contribution < 1.29 is 28.6 Å². The van der Waals surface area contributed by atoms with Crippen LogP contribution in [0.15, 0.2) is 24.3 Å². The highest BCUT2D eigenvalue weighted by molar-refractivity contribution is 5.78. The van der Waals surface area contributed by atoms with E-state index in [0.29, 0.717) is 37.7 Å². The van der Waals surface area contributed by atoms with Crippen LogP contribution in [0.5, 0.6) is 0 Å². The number of piperidine rings is 1. The third kappa shape index (κ3) is 6.73. The molecule has 1 aromatic carbocycles. The number of halogens is 1. The summed E-state index contributed by atoms with van der Waals surface area (Å²) in [6.07, 6.45) is 4.04. The van der Waals surface area contributed by atoms with Gasteiger partial charge in [0.2, 0.25) is 11.8 Å². The molecule has 1 saturated carbocycles. The molecule has 3 aliphatic rings. The molecule has 9 heteroatoms. The van der Waals surface area contributed by atoms with Crippen molar-refractivity contribution >= 4 is 18.3 Å². The first kappa shape index (κ1) is 23.1. The van der Waals surface area contributed by atoms with E-state index in [9.17, 15) is 14.0 Å². The number of hydrogen-bond donors (Lipinski definition) is 2. The smallest absolute Gasteiger partial charge is 0.290 e. The second-order valence-corrected chi connectivity index (χ2v) is 8.35. The highest BCUT2D eigenvalue weighted by atomic mass is 19.1. The van der Waals surface area contributed by atoms with Crippen molar-refractivity contribution in [2.75, 3.05) is 32.8 Å². The molecule has 31 heavy (non-hydrogen) atoms. The molecule has 2 heterocycles. The molecule has 1 aliphatic carbocycles. The molecule has 1 aromatic rings. The van der Waals surface area contributed by atoms with Gasteiger partial charge in [0.1, 0.15) is 5.82 Å². The molecule has 2 amide bonds. The molecule has 3 fully saturated rings. The van der Waals surface area contributed by atoms with Gasteiger partial charge < -0.3 is 20.1 Å². The lowest BCUT2D eigenvalue weighted by Gasteiger charge is -2.42. The molecule has 2 saturated heterocycles. The maximum absolute atomic E-state index is 14.1. The van der Waals surface area contributed by atoms with Crippen LogP contribution in [-0.4, -0.2) is 77.6 Å². The Morgan fingerprint density at radius 3 is 2.61 bits per heavy atom. The van der Waals surface area contributed by atoms with Crippen molar-refractivity contribution in [1.29, 1.82) is 0 Å². The van der Waals surface area contributed by atoms with E-state index in [1.165, 1.54) is 6.07 Å². The van der Waals surface area contributed by atoms with Crippen LogP contribution in [0, 0.1) is 5.82 Å². The lowest BCUT2D eigenvalue weighted by Crippen LogP contribution is -2.53. The summed E-state index contributed by atoms with van der Waals surface area (Å²) in [6.45, 7) is 2.84. The van der Waals surface area contributed by atoms with Gasteiger partial charge in [0, 0.05) is 31.2 Å². The number of carbonyl (C=O) groups is 3. The molecule has 4 rings (SSSR count). The quantitative estimate of drug-likeness (QED) is 0.678. The Morgan fingerprint density at radius 2 is 1.97 bits per heavy atom. The molecule has 2 N–H and O–H groups in total. The van der Waals surface area contributed by atoms with Gasteiger partial charge in [-0.25, -0.2) is 4.39 Å². The number of benzene rings is 1. The SMILES string of the molecule is O=C(CN1CCC2(CC1)CN(Cc1ccccc1F)C(=O)CCO2)NC1CC1.O=CO. The van der Waals surface area contributed by atoms with Gasteiger partial charge in [-0.15, -0.1) is 0 Å². The lowest BCUT2D eigenvalue weighted by atomic mass is 9.90. The molecular formula is C22H30FN3O5. The zero-order valence-electron chi connectivity index (χ0n) is 17.6. The van der Waals surface area contributed by atoms with Gasteiger partial charge in [0.15, 0.2) is 0 Å². The van der Waals surface area contributed by atoms with Crippen LogP contribution in [0.1, 0.15) is 37.7 Å². The van der Waals surface area contributed by atoms with Crippen LogP contribution in [0.2, 0.25) is 0 Å². The van der Waals surface area contributed by atoms with Crippen LogP contribution < -0.4 is 5.32 Å². The van der Waals surface area contributed by atoms with E-state index in [1.807, 2.05) is 0 Å². The highest BCUT2D eigenvalue weighted by Crippen LogP contribution is 2.31. The zero-order valence-corrected chi connectivity index (χ0v) is 17.6. The molecule has 0 unspecified atom stereocenters. The predicted octanol–water partition coefficient (Wildman–Crippen LogP) is 1.39. The number of carbonyl (C=O) groups excluding carboxylic acids is 2. The van der Waals surface area contributed by atoms with E-state index in [-0.39, 0.29) is 30.6 Å². The van der Waals surface area contributed by atoms with Gasteiger partial charge in [0.25, 0.3) is 6.47 Å². The van der Waals surface area contributed by atoms with Gasteiger partial charge in [-0.1, -0.05) is 18.2 Å². The Balaban J connectivity index is 0.000000858. The first-order valence-electron chi connectivity index (χ1n) is 10.7. The monoisotopic (exact) mass is 435 g/mol. The van der Waals surface area contributed by atoms with Crippen molar-refractivity contribution in [2.45, 2.75) is 50.3 Å². The van der Waals surface area contributed by atoms with Gasteiger partial charge in [-0.3, -0.25) is 19.3 Å². The number of nitrogens with zero attached hydrogens (tertiary/aromatic N) is 2. The van der Waals surface area contributed by atoms with E-state index in [2.05, 4.69) is 10.2 Å². The van der Waals surface area contributed by atoms with Crippen molar-refractivity contribution in [2.24, 2.45) is 0 Å². The average molecular weight is 435 g/mol. The Bertz CT molecular complexity index is 778. The van der Waals surface area contributed by atoms with E-state index in [4.69, 9.17) is 14.6 Å². The summed E-state index contributed by atoms with van der Waals surface area (Å²) in [4.78, 5) is 36.8. The van der Waals surface area contributed by atoms with Crippen molar-refractivity contribution in [3.05, 3.63) is 35.6 Å². The second kappa shape index (κ2) is 10.7. The van der Waals surface area contributed by atoms with Gasteiger partial charge >= 0.3 is 0 Å². The maximum Gasteiger partial charge on any atom is 0.290 e. The number of nitrogens with one attached hydrogen (secondary N) is 1. The van der Waals surface area contributed by atoms with Gasteiger partial charge in [-0.2, -0.15) is 0 Å². The molecule has 0 bridgehead atoms. The molecule has 1 spiro atoms. The highest BCUT2D eigenvalue weighted by Gasteiger charge is 2.40. The third-order valence-electron chi connectivity index (χ3n) is 5.95. The lowest BCUT2D eigenvalue weighted by molar-refractivity contribution is -0.132. The molecule has 2 aliphatic heterocycles. The molecule has 0 atom stereocenters. The summed E-state index contributed by atoms with van der Waals surface area (Å²) < 4.78 is 20.2. The Kier molecular flexibility index (Phi) is 7.97. The summed E-state index contributed by atoms with van der Waals surface area (Å²) in [5.41, 5.74) is 0.128. The van der Waals surface area contributed by atoms with Crippen LogP contribution in [-0.2, 0) is 25.7 Å². The summed E-state index contributed by atoms with van der Waals surface area (Å²) >= 11 is 0. The summed E-state index contributed by atoms with van der Waals surface area (Å²) in [5.74, 6) is -0.186. The standard InChI is InChI=1S/C21H28FN3O3.CH2O2/c22-18-4-2-1-3-16(18)13-25-15-21(28-12-7-20(25)27)8-10-24(11-9-21)14-19(26)23-17-5-6-17;2-1-3/h1-4,17H,5-15H2,(H,23,26);1H,(H,2,3). The number of hydrogen-bond acceptors (Lipinski definition) is 5. The first-order valence-corrected chi connectivity index (χ1v) is 10.7. The predicted molar refractivity (Wildman–Crippen MR) is 111 cm³/mol. The topological polar surface area (TPSA) is 99.2 Å². The third-order valence-corrected chi connectivity index (χ3v) is 5.95. The Morgan fingerprint density at radius 1 is 1.29 bits per heavy atom. The summed E-state index contributed by atoms with van der Waals surface area (Å²) in [7, 11) is 0. The summed E-state index contributed by atoms with van der Waals surface area (Å²) in [5, 5.41) is 9.92. The molecule has 0 radical (unpaired) electrons. The average Bonchev–Trinajstić information content (AvgIpc) is 3.56. The minimum absolute atomic E-state index is 0.00590. The number of carboxylic acid groups (broad SMARTS) is 1. The Hall–Kier alpha value is -2.52. The zero-order chi connectivity index (χ0) is 22.3. The normalized spacial score (nSPS) is 21.1. The van der Waals surface area contributed by atoms with E-state index >= 15 is 0 Å². The first-order chi connectivity index (χ1) is 14.9. The molecule has 0 aromatic heterocycles. The number of amides is 2. The number of ether oxygens (including phenoxy) is 1. The largest absolute Gasteiger partial charge is 0.483 e. The van der Waals surface area contributed by atoms with E-state index in [1.54, 1.807) is 23.1 Å². The van der Waals surface area contributed by atoms with Crippen molar-refractivity contribution in [1.82, 2.24) is 15.1 Å². The van der Waals surface area contributed by atoms with Crippen molar-refractivity contribution in [3.8, 4) is 0 Å². The minimum atomic E-state index is -0.402. The fourth-order valence-electron chi connectivity index (χ4n) is 4.10. The minimum Gasteiger partial charge on any atom is -0.483 e. The van der Waals surface area contributed by atoms with Gasteiger partial charge in [0.05, 0.1) is 31.7 Å². The molecule has 170 valence electrons. The second-order valence-electron chi connectivity index (χ2n) is 8.35. The van der Waals surface area contributed by atoms with E-state index < -0.39 is 5.60 Å². The fraction of sp³-hybridized carbons (Fsp3) is 0.591. The summed E-state index contributed by atoms with van der Waals surface area (Å²) in [6, 6.07) is 6.98. The molecule has 8 nitrogen and oxygen atoms in total. The van der Waals surface area contributed by atoms with Crippen LogP contribution in [0.3, 0.4) is 0 Å². The number of likely N-dealkylation sites (tertiary alicyclic amines) is 1. The van der Waals surface area contributed by atoms with Crippen LogP contribution in [0.4, 0.5) is 4.39 Å². The van der Waals surface area contributed by atoms with Crippen LogP contribution in [0.25, 0.3) is 0 Å².